The van der Waals surface area contributed by atoms with E-state index in [-0.39, 0.29) is 12.0 Å². The van der Waals surface area contributed by atoms with Crippen molar-refractivity contribution in [3.8, 4) is 0 Å². The van der Waals surface area contributed by atoms with Crippen molar-refractivity contribution >= 4 is 15.7 Å². The Bertz CT molecular complexity index is 1070. The van der Waals surface area contributed by atoms with Crippen LogP contribution in [0.2, 0.25) is 0 Å². The number of carbonyl (C=O) groups excluding carboxylic acids is 1. The van der Waals surface area contributed by atoms with E-state index >= 15 is 0 Å². The third kappa shape index (κ3) is 8.66. The number of sulfone groups is 1. The zero-order valence-electron chi connectivity index (χ0n) is 21.8. The fourth-order valence-electron chi connectivity index (χ4n) is 4.72. The zero-order chi connectivity index (χ0) is 26.7. The SMILES string of the molecule is CCCC(CCC)S(=O)(=O)C(c1cc(F)cc(F)c1)[C@H](CCNCc1cccc(CC)c1)NC(C)=O. The number of rotatable bonds is 15. The molecule has 0 heterocycles. The average Bonchev–Trinajstić information content (AvgIpc) is 2.80. The third-order valence-electron chi connectivity index (χ3n) is 6.37. The van der Waals surface area contributed by atoms with Crippen LogP contribution in [0.25, 0.3) is 0 Å². The molecule has 8 heteroatoms. The van der Waals surface area contributed by atoms with Crippen LogP contribution in [0.3, 0.4) is 0 Å². The fourth-order valence-corrected chi connectivity index (χ4v) is 7.45. The summed E-state index contributed by atoms with van der Waals surface area (Å²) >= 11 is 0. The maximum absolute atomic E-state index is 14.2. The fraction of sp³-hybridized carbons (Fsp3) is 0.536. The Hall–Kier alpha value is -2.32. The molecule has 0 aliphatic carbocycles. The van der Waals surface area contributed by atoms with Gasteiger partial charge in [-0.15, -0.1) is 0 Å². The summed E-state index contributed by atoms with van der Waals surface area (Å²) < 4.78 is 56.4. The summed E-state index contributed by atoms with van der Waals surface area (Å²) in [6.45, 7) is 8.24. The van der Waals surface area contributed by atoms with Gasteiger partial charge in [0.2, 0.25) is 5.91 Å². The lowest BCUT2D eigenvalue weighted by molar-refractivity contribution is -0.119. The van der Waals surface area contributed by atoms with Crippen LogP contribution in [0.5, 0.6) is 0 Å². The van der Waals surface area contributed by atoms with Crippen LogP contribution in [0.4, 0.5) is 8.78 Å². The summed E-state index contributed by atoms with van der Waals surface area (Å²) in [6, 6.07) is 10.2. The molecule has 0 fully saturated rings. The van der Waals surface area contributed by atoms with Gasteiger partial charge in [0.05, 0.1) is 11.3 Å². The Balaban J connectivity index is 2.38. The van der Waals surface area contributed by atoms with E-state index in [1.807, 2.05) is 26.0 Å². The summed E-state index contributed by atoms with van der Waals surface area (Å²) in [5.41, 5.74) is 2.36. The van der Waals surface area contributed by atoms with Crippen LogP contribution in [-0.2, 0) is 27.6 Å². The first-order valence-electron chi connectivity index (χ1n) is 12.9. The third-order valence-corrected chi connectivity index (χ3v) is 9.08. The monoisotopic (exact) mass is 522 g/mol. The highest BCUT2D eigenvalue weighted by Crippen LogP contribution is 2.35. The molecule has 5 nitrogen and oxygen atoms in total. The Kier molecular flexibility index (Phi) is 12.0. The first-order chi connectivity index (χ1) is 17.1. The largest absolute Gasteiger partial charge is 0.352 e. The molecule has 0 saturated carbocycles. The van der Waals surface area contributed by atoms with E-state index in [0.717, 1.165) is 30.2 Å². The molecule has 36 heavy (non-hydrogen) atoms. The predicted octanol–water partition coefficient (Wildman–Crippen LogP) is 5.64. The van der Waals surface area contributed by atoms with Crippen LogP contribution >= 0.6 is 0 Å². The van der Waals surface area contributed by atoms with Crippen molar-refractivity contribution < 1.29 is 22.0 Å². The van der Waals surface area contributed by atoms with Gasteiger partial charge in [-0.05, 0) is 61.1 Å². The highest BCUT2D eigenvalue weighted by molar-refractivity contribution is 7.92. The normalized spacial score (nSPS) is 13.5. The Morgan fingerprint density at radius 3 is 2.08 bits per heavy atom. The van der Waals surface area contributed by atoms with Gasteiger partial charge < -0.3 is 10.6 Å². The second-order valence-electron chi connectivity index (χ2n) is 9.36. The maximum Gasteiger partial charge on any atom is 0.217 e. The number of halogens is 2. The molecule has 2 N–H and O–H groups in total. The predicted molar refractivity (Wildman–Crippen MR) is 141 cm³/mol. The second-order valence-corrected chi connectivity index (χ2v) is 11.7. The minimum absolute atomic E-state index is 0.0269. The molecule has 0 spiro atoms. The van der Waals surface area contributed by atoms with E-state index in [9.17, 15) is 22.0 Å². The van der Waals surface area contributed by atoms with Crippen LogP contribution in [0.1, 0.15) is 81.7 Å². The molecular weight excluding hydrogens is 482 g/mol. The van der Waals surface area contributed by atoms with Gasteiger partial charge in [-0.25, -0.2) is 17.2 Å². The molecular formula is C28H40F2N2O3S. The lowest BCUT2D eigenvalue weighted by Gasteiger charge is -2.31. The van der Waals surface area contributed by atoms with Crippen molar-refractivity contribution in [3.63, 3.8) is 0 Å². The number of hydrogen-bond donors (Lipinski definition) is 2. The van der Waals surface area contributed by atoms with Gasteiger partial charge in [0.25, 0.3) is 0 Å². The van der Waals surface area contributed by atoms with Gasteiger partial charge in [-0.1, -0.05) is 57.9 Å². The number of benzene rings is 2. The molecule has 2 aromatic carbocycles. The topological polar surface area (TPSA) is 75.3 Å². The summed E-state index contributed by atoms with van der Waals surface area (Å²) in [5.74, 6) is -2.08. The lowest BCUT2D eigenvalue weighted by atomic mass is 10.0. The molecule has 2 atom stereocenters. The molecule has 200 valence electrons. The Labute approximate surface area is 215 Å². The summed E-state index contributed by atoms with van der Waals surface area (Å²) in [5, 5.41) is 4.17. The summed E-state index contributed by atoms with van der Waals surface area (Å²) in [6.07, 6.45) is 3.43. The highest BCUT2D eigenvalue weighted by atomic mass is 32.2. The van der Waals surface area contributed by atoms with E-state index in [2.05, 4.69) is 29.7 Å². The quantitative estimate of drug-likeness (QED) is 0.297. The van der Waals surface area contributed by atoms with Crippen LogP contribution < -0.4 is 10.6 Å². The Morgan fingerprint density at radius 1 is 0.917 bits per heavy atom. The van der Waals surface area contributed by atoms with Gasteiger partial charge in [0, 0.05) is 19.5 Å². The molecule has 0 aliphatic heterocycles. The summed E-state index contributed by atoms with van der Waals surface area (Å²) in [4.78, 5) is 12.1. The molecule has 0 aliphatic rings. The number of nitrogens with one attached hydrogen (secondary N) is 2. The van der Waals surface area contributed by atoms with E-state index in [1.54, 1.807) is 0 Å². The second kappa shape index (κ2) is 14.4. The number of amides is 1. The molecule has 1 amide bonds. The first kappa shape index (κ1) is 29.9. The molecule has 0 bridgehead atoms. The van der Waals surface area contributed by atoms with Gasteiger partial charge >= 0.3 is 0 Å². The van der Waals surface area contributed by atoms with Gasteiger partial charge in [-0.3, -0.25) is 4.79 Å². The van der Waals surface area contributed by atoms with Crippen molar-refractivity contribution in [1.82, 2.24) is 10.6 Å². The lowest BCUT2D eigenvalue weighted by Crippen LogP contribution is -2.45. The van der Waals surface area contributed by atoms with Crippen LogP contribution in [0, 0.1) is 11.6 Å². The first-order valence-corrected chi connectivity index (χ1v) is 14.5. The van der Waals surface area contributed by atoms with Gasteiger partial charge in [0.1, 0.15) is 16.9 Å². The van der Waals surface area contributed by atoms with E-state index in [1.165, 1.54) is 12.5 Å². The molecule has 0 saturated heterocycles. The molecule has 2 rings (SSSR count). The zero-order valence-corrected chi connectivity index (χ0v) is 22.6. The Morgan fingerprint density at radius 2 is 1.53 bits per heavy atom. The van der Waals surface area contributed by atoms with E-state index in [4.69, 9.17) is 0 Å². The molecule has 2 aromatic rings. The van der Waals surface area contributed by atoms with Crippen LogP contribution in [0.15, 0.2) is 42.5 Å². The molecule has 0 aromatic heterocycles. The minimum Gasteiger partial charge on any atom is -0.352 e. The van der Waals surface area contributed by atoms with Crippen molar-refractivity contribution in [2.24, 2.45) is 0 Å². The van der Waals surface area contributed by atoms with E-state index < -0.39 is 43.9 Å². The minimum atomic E-state index is -3.89. The number of hydrogen-bond acceptors (Lipinski definition) is 4. The van der Waals surface area contributed by atoms with Crippen molar-refractivity contribution in [1.29, 1.82) is 0 Å². The average molecular weight is 523 g/mol. The molecule has 1 unspecified atom stereocenters. The van der Waals surface area contributed by atoms with E-state index in [0.29, 0.717) is 38.8 Å². The van der Waals surface area contributed by atoms with Crippen molar-refractivity contribution in [2.75, 3.05) is 6.54 Å². The molecule has 0 radical (unpaired) electrons. The number of carbonyl (C=O) groups is 1. The number of aryl methyl sites for hydroxylation is 1. The smallest absolute Gasteiger partial charge is 0.217 e. The van der Waals surface area contributed by atoms with Crippen molar-refractivity contribution in [3.05, 3.63) is 70.8 Å². The van der Waals surface area contributed by atoms with Crippen LogP contribution in [-0.4, -0.2) is 32.2 Å². The summed E-state index contributed by atoms with van der Waals surface area (Å²) in [7, 11) is -3.89. The highest BCUT2D eigenvalue weighted by Gasteiger charge is 2.40. The standard InChI is InChI=1S/C28H40F2N2O3S/c1-5-9-26(10-6-2)36(34,35)28(23-16-24(29)18-25(30)17-23)27(32-20(4)33)13-14-31-19-22-12-8-11-21(7-3)15-22/h8,11-12,15-18,26-28,31H,5-7,9-10,13-14,19H2,1-4H3,(H,32,33)/t27-,28?/m0/s1. The van der Waals surface area contributed by atoms with Gasteiger partial charge in [-0.2, -0.15) is 0 Å². The van der Waals surface area contributed by atoms with Crippen molar-refractivity contribution in [2.45, 2.75) is 89.3 Å². The van der Waals surface area contributed by atoms with Gasteiger partial charge in [0.15, 0.2) is 9.84 Å². The maximum atomic E-state index is 14.2.